The molecule has 0 spiro atoms. The van der Waals surface area contributed by atoms with E-state index in [9.17, 15) is 0 Å². The molecule has 0 radical (unpaired) electrons. The largest absolute Gasteiger partial charge is 0.382 e. The first-order valence-corrected chi connectivity index (χ1v) is 6.49. The van der Waals surface area contributed by atoms with Crippen LogP contribution in [0.15, 0.2) is 0 Å². The lowest BCUT2D eigenvalue weighted by atomic mass is 10.6. The van der Waals surface area contributed by atoms with E-state index < -0.39 is 0 Å². The van der Waals surface area contributed by atoms with E-state index >= 15 is 0 Å². The lowest BCUT2D eigenvalue weighted by Gasteiger charge is -2.07. The average Bonchev–Trinajstić information content (AvgIpc) is 2.39. The number of likely N-dealkylation sites (N-methyl/N-ethyl adjacent to an activating group) is 1. The van der Waals surface area contributed by atoms with Crippen molar-refractivity contribution in [2.24, 2.45) is 0 Å². The third-order valence-electron chi connectivity index (χ3n) is 2.15. The molecule has 6 nitrogen and oxygen atoms in total. The molecule has 0 amide bonds. The van der Waals surface area contributed by atoms with Crippen LogP contribution in [0.5, 0.6) is 0 Å². The molecule has 18 heavy (non-hydrogen) atoms. The van der Waals surface area contributed by atoms with Crippen molar-refractivity contribution in [2.75, 3.05) is 80.0 Å². The van der Waals surface area contributed by atoms with Crippen molar-refractivity contribution >= 4 is 0 Å². The predicted octanol–water partition coefficient (Wildman–Crippen LogP) is -0.508. The van der Waals surface area contributed by atoms with E-state index in [1.807, 2.05) is 7.05 Å². The minimum atomic E-state index is 0.649. The quantitative estimate of drug-likeness (QED) is 0.389. The van der Waals surface area contributed by atoms with Crippen molar-refractivity contribution in [1.29, 1.82) is 0 Å². The lowest BCUT2D eigenvalue weighted by molar-refractivity contribution is 0.0483. The molecule has 0 atom stereocenters. The fraction of sp³-hybridized carbons (Fsp3) is 1.00. The fourth-order valence-corrected chi connectivity index (χ4v) is 1.15. The van der Waals surface area contributed by atoms with Gasteiger partial charge in [-0.2, -0.15) is 0 Å². The summed E-state index contributed by atoms with van der Waals surface area (Å²) in [5.74, 6) is 0. The zero-order valence-corrected chi connectivity index (χ0v) is 11.7. The van der Waals surface area contributed by atoms with Crippen molar-refractivity contribution in [3.8, 4) is 0 Å². The van der Waals surface area contributed by atoms with Gasteiger partial charge < -0.3 is 29.6 Å². The Morgan fingerprint density at radius 3 is 1.67 bits per heavy atom. The molecule has 0 aromatic rings. The molecule has 0 saturated heterocycles. The summed E-state index contributed by atoms with van der Waals surface area (Å²) >= 11 is 0. The summed E-state index contributed by atoms with van der Waals surface area (Å²) in [5.41, 5.74) is 0. The van der Waals surface area contributed by atoms with Gasteiger partial charge >= 0.3 is 0 Å². The van der Waals surface area contributed by atoms with Crippen molar-refractivity contribution < 1.29 is 18.9 Å². The zero-order valence-electron chi connectivity index (χ0n) is 11.7. The van der Waals surface area contributed by atoms with Gasteiger partial charge in [-0.15, -0.1) is 0 Å². The Labute approximate surface area is 110 Å². The molecule has 0 heterocycles. The Kier molecular flexibility index (Phi) is 16.5. The Morgan fingerprint density at radius 2 is 1.17 bits per heavy atom. The molecule has 6 heteroatoms. The minimum Gasteiger partial charge on any atom is -0.382 e. The van der Waals surface area contributed by atoms with Gasteiger partial charge in [0.2, 0.25) is 0 Å². The van der Waals surface area contributed by atoms with Gasteiger partial charge in [0.25, 0.3) is 0 Å². The van der Waals surface area contributed by atoms with Gasteiger partial charge in [-0.25, -0.2) is 0 Å². The predicted molar refractivity (Wildman–Crippen MR) is 71.1 cm³/mol. The standard InChI is InChI=1S/C12H28N2O4/c1-13-3-6-16-11-12-18-8-5-14-4-7-17-10-9-15-2/h13-14H,3-12H2,1-2H3. The van der Waals surface area contributed by atoms with Crippen LogP contribution in [-0.2, 0) is 18.9 Å². The van der Waals surface area contributed by atoms with Crippen LogP contribution in [0, 0.1) is 0 Å². The van der Waals surface area contributed by atoms with E-state index in [-0.39, 0.29) is 0 Å². The fourth-order valence-electron chi connectivity index (χ4n) is 1.15. The molecular weight excluding hydrogens is 236 g/mol. The first kappa shape index (κ1) is 17.8. The van der Waals surface area contributed by atoms with Crippen LogP contribution in [0.1, 0.15) is 0 Å². The van der Waals surface area contributed by atoms with Crippen LogP contribution in [0.4, 0.5) is 0 Å². The molecule has 0 aromatic heterocycles. The number of nitrogens with one attached hydrogen (secondary N) is 2. The molecular formula is C12H28N2O4. The molecule has 0 bridgehead atoms. The molecule has 2 N–H and O–H groups in total. The van der Waals surface area contributed by atoms with E-state index in [0.717, 1.165) is 26.2 Å². The maximum atomic E-state index is 5.39. The Balaban J connectivity index is 2.86. The Bertz CT molecular complexity index is 134. The summed E-state index contributed by atoms with van der Waals surface area (Å²) in [6.45, 7) is 7.30. The molecule has 0 aromatic carbocycles. The van der Waals surface area contributed by atoms with Crippen molar-refractivity contribution in [1.82, 2.24) is 10.6 Å². The Hall–Kier alpha value is -0.240. The molecule has 0 aliphatic carbocycles. The van der Waals surface area contributed by atoms with Crippen LogP contribution < -0.4 is 10.6 Å². The summed E-state index contributed by atoms with van der Waals surface area (Å²) in [7, 11) is 3.58. The van der Waals surface area contributed by atoms with Crippen LogP contribution in [0.2, 0.25) is 0 Å². The summed E-state index contributed by atoms with van der Waals surface area (Å²) in [6, 6.07) is 0. The van der Waals surface area contributed by atoms with Crippen LogP contribution in [-0.4, -0.2) is 80.0 Å². The summed E-state index contributed by atoms with van der Waals surface area (Å²) in [4.78, 5) is 0. The molecule has 110 valence electrons. The second kappa shape index (κ2) is 16.8. The van der Waals surface area contributed by atoms with Crippen molar-refractivity contribution in [3.63, 3.8) is 0 Å². The van der Waals surface area contributed by atoms with E-state index in [1.165, 1.54) is 0 Å². The number of ether oxygens (including phenoxy) is 4. The van der Waals surface area contributed by atoms with Crippen molar-refractivity contribution in [2.45, 2.75) is 0 Å². The van der Waals surface area contributed by atoms with Gasteiger partial charge in [-0.1, -0.05) is 0 Å². The maximum Gasteiger partial charge on any atom is 0.0701 e. The SMILES string of the molecule is CNCCOCCOCCNCCOCCOC. The average molecular weight is 264 g/mol. The van der Waals surface area contributed by atoms with E-state index in [1.54, 1.807) is 7.11 Å². The third-order valence-corrected chi connectivity index (χ3v) is 2.15. The van der Waals surface area contributed by atoms with E-state index in [4.69, 9.17) is 18.9 Å². The smallest absolute Gasteiger partial charge is 0.0701 e. The first-order chi connectivity index (χ1) is 8.91. The second-order valence-corrected chi connectivity index (χ2v) is 3.68. The highest BCUT2D eigenvalue weighted by Crippen LogP contribution is 1.78. The minimum absolute atomic E-state index is 0.649. The van der Waals surface area contributed by atoms with Gasteiger partial charge in [0.1, 0.15) is 0 Å². The molecule has 0 unspecified atom stereocenters. The number of rotatable bonds is 15. The number of hydrogen-bond donors (Lipinski definition) is 2. The number of hydrogen-bond acceptors (Lipinski definition) is 6. The third kappa shape index (κ3) is 15.8. The second-order valence-electron chi connectivity index (χ2n) is 3.68. The van der Waals surface area contributed by atoms with Gasteiger partial charge in [-0.05, 0) is 7.05 Å². The summed E-state index contributed by atoms with van der Waals surface area (Å²) in [5, 5.41) is 6.25. The topological polar surface area (TPSA) is 61.0 Å². The monoisotopic (exact) mass is 264 g/mol. The van der Waals surface area contributed by atoms with Gasteiger partial charge in [0, 0.05) is 26.7 Å². The van der Waals surface area contributed by atoms with Crippen molar-refractivity contribution in [3.05, 3.63) is 0 Å². The highest BCUT2D eigenvalue weighted by atomic mass is 16.5. The van der Waals surface area contributed by atoms with E-state index in [0.29, 0.717) is 39.6 Å². The van der Waals surface area contributed by atoms with E-state index in [2.05, 4.69) is 10.6 Å². The molecule has 0 aliphatic heterocycles. The lowest BCUT2D eigenvalue weighted by Crippen LogP contribution is -2.25. The normalized spacial score (nSPS) is 11.0. The first-order valence-electron chi connectivity index (χ1n) is 6.49. The zero-order chi connectivity index (χ0) is 13.3. The van der Waals surface area contributed by atoms with Gasteiger partial charge in [-0.3, -0.25) is 0 Å². The molecule has 0 aliphatic rings. The highest BCUT2D eigenvalue weighted by molar-refractivity contribution is 4.45. The van der Waals surface area contributed by atoms with Crippen LogP contribution in [0.3, 0.4) is 0 Å². The number of methoxy groups -OCH3 is 1. The molecule has 0 fully saturated rings. The van der Waals surface area contributed by atoms with Crippen LogP contribution in [0.25, 0.3) is 0 Å². The molecule has 0 rings (SSSR count). The van der Waals surface area contributed by atoms with Gasteiger partial charge in [0.15, 0.2) is 0 Å². The Morgan fingerprint density at radius 1 is 0.667 bits per heavy atom. The highest BCUT2D eigenvalue weighted by Gasteiger charge is 1.91. The van der Waals surface area contributed by atoms with Gasteiger partial charge in [0.05, 0.1) is 46.2 Å². The summed E-state index contributed by atoms with van der Waals surface area (Å²) < 4.78 is 20.9. The molecule has 0 saturated carbocycles. The van der Waals surface area contributed by atoms with Crippen LogP contribution >= 0.6 is 0 Å². The maximum absolute atomic E-state index is 5.39. The summed E-state index contributed by atoms with van der Waals surface area (Å²) in [6.07, 6.45) is 0.